The summed E-state index contributed by atoms with van der Waals surface area (Å²) in [5, 5.41) is 0. The number of hydrogen-bond donors (Lipinski definition) is 1. The van der Waals surface area contributed by atoms with Gasteiger partial charge in [0.2, 0.25) is 0 Å². The van der Waals surface area contributed by atoms with Gasteiger partial charge in [-0.05, 0) is 24.1 Å². The molecule has 3 heteroatoms. The van der Waals surface area contributed by atoms with Gasteiger partial charge in [0.15, 0.2) is 0 Å². The zero-order chi connectivity index (χ0) is 10.1. The van der Waals surface area contributed by atoms with Crippen molar-refractivity contribution in [3.8, 4) is 11.5 Å². The Balaban J connectivity index is 2.30. The molecule has 2 N–H and O–H groups in total. The van der Waals surface area contributed by atoms with Crippen molar-refractivity contribution in [3.63, 3.8) is 0 Å². The molecule has 2 rings (SSSR count). The summed E-state index contributed by atoms with van der Waals surface area (Å²) in [4.78, 5) is 0. The van der Waals surface area contributed by atoms with E-state index in [1.54, 1.807) is 14.2 Å². The number of benzene rings is 1. The summed E-state index contributed by atoms with van der Waals surface area (Å²) in [6.45, 7) is 0. The molecule has 0 aromatic heterocycles. The van der Waals surface area contributed by atoms with Crippen LogP contribution in [0.1, 0.15) is 17.9 Å². The fraction of sp³-hybridized carbons (Fsp3) is 0.455. The minimum Gasteiger partial charge on any atom is -0.497 e. The van der Waals surface area contributed by atoms with Gasteiger partial charge in [-0.1, -0.05) is 0 Å². The van der Waals surface area contributed by atoms with Crippen molar-refractivity contribution in [2.24, 2.45) is 5.73 Å². The predicted molar refractivity (Wildman–Crippen MR) is 54.9 cm³/mol. The van der Waals surface area contributed by atoms with E-state index in [9.17, 15) is 0 Å². The van der Waals surface area contributed by atoms with Crippen LogP contribution in [0.15, 0.2) is 18.2 Å². The van der Waals surface area contributed by atoms with Crippen molar-refractivity contribution in [1.29, 1.82) is 0 Å². The van der Waals surface area contributed by atoms with Crippen molar-refractivity contribution in [2.75, 3.05) is 14.2 Å². The fourth-order valence-corrected chi connectivity index (χ4v) is 1.64. The first-order chi connectivity index (χ1) is 6.74. The number of nitrogens with two attached hydrogens (primary N) is 1. The third kappa shape index (κ3) is 1.68. The summed E-state index contributed by atoms with van der Waals surface area (Å²) in [6.07, 6.45) is 1.07. The minimum absolute atomic E-state index is 0.312. The molecule has 1 aliphatic carbocycles. The Kier molecular flexibility index (Phi) is 2.33. The Hall–Kier alpha value is -1.22. The molecule has 1 aromatic rings. The van der Waals surface area contributed by atoms with Crippen LogP contribution in [-0.2, 0) is 0 Å². The summed E-state index contributed by atoms with van der Waals surface area (Å²) in [6, 6.07) is 6.24. The lowest BCUT2D eigenvalue weighted by Gasteiger charge is -2.07. The van der Waals surface area contributed by atoms with Gasteiger partial charge >= 0.3 is 0 Å². The Labute approximate surface area is 83.8 Å². The summed E-state index contributed by atoms with van der Waals surface area (Å²) in [5.41, 5.74) is 7.02. The van der Waals surface area contributed by atoms with E-state index in [4.69, 9.17) is 15.2 Å². The number of ether oxygens (including phenoxy) is 2. The lowest BCUT2D eigenvalue weighted by molar-refractivity contribution is 0.393. The monoisotopic (exact) mass is 193 g/mol. The van der Waals surface area contributed by atoms with Gasteiger partial charge in [0, 0.05) is 18.0 Å². The Morgan fingerprint density at radius 1 is 1.14 bits per heavy atom. The normalized spacial score (nSPS) is 24.5. The fourth-order valence-electron chi connectivity index (χ4n) is 1.64. The van der Waals surface area contributed by atoms with Crippen LogP contribution < -0.4 is 15.2 Å². The molecule has 1 saturated carbocycles. The Morgan fingerprint density at radius 3 is 2.00 bits per heavy atom. The lowest BCUT2D eigenvalue weighted by atomic mass is 10.1. The topological polar surface area (TPSA) is 44.5 Å². The highest BCUT2D eigenvalue weighted by molar-refractivity contribution is 5.42. The summed E-state index contributed by atoms with van der Waals surface area (Å²) < 4.78 is 10.4. The van der Waals surface area contributed by atoms with Crippen molar-refractivity contribution in [3.05, 3.63) is 23.8 Å². The molecular weight excluding hydrogens is 178 g/mol. The molecule has 2 atom stereocenters. The van der Waals surface area contributed by atoms with Crippen LogP contribution in [0.2, 0.25) is 0 Å². The SMILES string of the molecule is COc1cc(OC)cc([C@@H]2C[C@H]2N)c1. The first kappa shape index (κ1) is 9.34. The van der Waals surface area contributed by atoms with E-state index in [0.717, 1.165) is 17.9 Å². The summed E-state index contributed by atoms with van der Waals surface area (Å²) in [7, 11) is 3.32. The van der Waals surface area contributed by atoms with E-state index in [2.05, 4.69) is 0 Å². The maximum Gasteiger partial charge on any atom is 0.122 e. The van der Waals surface area contributed by atoms with Crippen molar-refractivity contribution in [1.82, 2.24) is 0 Å². The highest BCUT2D eigenvalue weighted by Crippen LogP contribution is 2.41. The van der Waals surface area contributed by atoms with Gasteiger partial charge in [-0.3, -0.25) is 0 Å². The van der Waals surface area contributed by atoms with E-state index < -0.39 is 0 Å². The molecule has 0 spiro atoms. The van der Waals surface area contributed by atoms with Crippen LogP contribution in [0, 0.1) is 0 Å². The maximum absolute atomic E-state index is 5.80. The zero-order valence-corrected chi connectivity index (χ0v) is 8.49. The zero-order valence-electron chi connectivity index (χ0n) is 8.49. The second kappa shape index (κ2) is 3.50. The first-order valence-electron chi connectivity index (χ1n) is 4.73. The largest absolute Gasteiger partial charge is 0.497 e. The average molecular weight is 193 g/mol. The quantitative estimate of drug-likeness (QED) is 0.791. The number of hydrogen-bond acceptors (Lipinski definition) is 3. The number of methoxy groups -OCH3 is 2. The highest BCUT2D eigenvalue weighted by Gasteiger charge is 2.35. The molecule has 0 aliphatic heterocycles. The molecule has 0 unspecified atom stereocenters. The van der Waals surface area contributed by atoms with E-state index in [-0.39, 0.29) is 0 Å². The van der Waals surface area contributed by atoms with Crippen molar-refractivity contribution >= 4 is 0 Å². The molecule has 0 radical (unpaired) electrons. The summed E-state index contributed by atoms with van der Waals surface area (Å²) >= 11 is 0. The molecule has 0 saturated heterocycles. The molecular formula is C11H15NO2. The molecule has 3 nitrogen and oxygen atoms in total. The lowest BCUT2D eigenvalue weighted by Crippen LogP contribution is -2.01. The third-order valence-electron chi connectivity index (χ3n) is 2.64. The molecule has 76 valence electrons. The maximum atomic E-state index is 5.80. The van der Waals surface area contributed by atoms with Gasteiger partial charge in [0.05, 0.1) is 14.2 Å². The van der Waals surface area contributed by atoms with Gasteiger partial charge < -0.3 is 15.2 Å². The van der Waals surface area contributed by atoms with Crippen LogP contribution in [0.3, 0.4) is 0 Å². The molecule has 0 bridgehead atoms. The van der Waals surface area contributed by atoms with Crippen LogP contribution in [-0.4, -0.2) is 20.3 Å². The van der Waals surface area contributed by atoms with Crippen molar-refractivity contribution < 1.29 is 9.47 Å². The van der Waals surface area contributed by atoms with Crippen LogP contribution >= 0.6 is 0 Å². The molecule has 0 amide bonds. The Bertz CT molecular complexity index is 316. The predicted octanol–water partition coefficient (Wildman–Crippen LogP) is 1.52. The second-order valence-corrected chi connectivity index (χ2v) is 3.65. The van der Waals surface area contributed by atoms with Gasteiger partial charge in [-0.15, -0.1) is 0 Å². The smallest absolute Gasteiger partial charge is 0.122 e. The van der Waals surface area contributed by atoms with Gasteiger partial charge in [-0.2, -0.15) is 0 Å². The van der Waals surface area contributed by atoms with E-state index >= 15 is 0 Å². The summed E-state index contributed by atoms with van der Waals surface area (Å²) in [5.74, 6) is 2.15. The minimum atomic E-state index is 0.312. The Morgan fingerprint density at radius 2 is 1.64 bits per heavy atom. The van der Waals surface area contributed by atoms with E-state index in [1.807, 2.05) is 18.2 Å². The molecule has 14 heavy (non-hydrogen) atoms. The molecule has 0 heterocycles. The van der Waals surface area contributed by atoms with Gasteiger partial charge in [-0.25, -0.2) is 0 Å². The van der Waals surface area contributed by atoms with Crippen LogP contribution in [0.4, 0.5) is 0 Å². The van der Waals surface area contributed by atoms with Gasteiger partial charge in [0.25, 0.3) is 0 Å². The molecule has 1 aliphatic rings. The van der Waals surface area contributed by atoms with Crippen LogP contribution in [0.5, 0.6) is 11.5 Å². The van der Waals surface area contributed by atoms with Crippen LogP contribution in [0.25, 0.3) is 0 Å². The number of rotatable bonds is 3. The highest BCUT2D eigenvalue weighted by atomic mass is 16.5. The average Bonchev–Trinajstić information content (AvgIpc) is 2.94. The van der Waals surface area contributed by atoms with Crippen molar-refractivity contribution in [2.45, 2.75) is 18.4 Å². The van der Waals surface area contributed by atoms with E-state index in [0.29, 0.717) is 12.0 Å². The molecule has 1 aromatic carbocycles. The first-order valence-corrected chi connectivity index (χ1v) is 4.73. The second-order valence-electron chi connectivity index (χ2n) is 3.65. The standard InChI is InChI=1S/C11H15NO2/c1-13-8-3-7(10-6-11(10)12)4-9(5-8)14-2/h3-5,10-11H,6,12H2,1-2H3/t10-,11+/m0/s1. The third-order valence-corrected chi connectivity index (χ3v) is 2.64. The van der Waals surface area contributed by atoms with E-state index in [1.165, 1.54) is 5.56 Å². The van der Waals surface area contributed by atoms with Gasteiger partial charge in [0.1, 0.15) is 11.5 Å². The molecule has 1 fully saturated rings.